The molecule has 7 heteroatoms. The first-order valence-electron chi connectivity index (χ1n) is 9.22. The number of sulfonamides is 1. The first-order valence-corrected chi connectivity index (χ1v) is 10.7. The summed E-state index contributed by atoms with van der Waals surface area (Å²) in [6, 6.07) is 12.0. The van der Waals surface area contributed by atoms with Crippen molar-refractivity contribution in [2.75, 3.05) is 18.0 Å². The van der Waals surface area contributed by atoms with Gasteiger partial charge < -0.3 is 10.1 Å². The molecular formula is C21H28N2O4S. The van der Waals surface area contributed by atoms with Crippen molar-refractivity contribution in [1.82, 2.24) is 5.32 Å². The van der Waals surface area contributed by atoms with E-state index >= 15 is 0 Å². The smallest absolute Gasteiger partial charge is 0.268 e. The number of hydrogen-bond acceptors (Lipinski definition) is 4. The van der Waals surface area contributed by atoms with E-state index in [1.165, 1.54) is 7.11 Å². The van der Waals surface area contributed by atoms with Crippen LogP contribution in [0.1, 0.15) is 31.4 Å². The van der Waals surface area contributed by atoms with Gasteiger partial charge in [-0.05, 0) is 57.0 Å². The van der Waals surface area contributed by atoms with Gasteiger partial charge in [0.15, 0.2) is 0 Å². The molecule has 2 aromatic carbocycles. The van der Waals surface area contributed by atoms with Crippen molar-refractivity contribution in [3.63, 3.8) is 0 Å². The zero-order chi connectivity index (χ0) is 20.9. The molecule has 0 aliphatic carbocycles. The lowest BCUT2D eigenvalue weighted by atomic mass is 10.2. The van der Waals surface area contributed by atoms with Crippen LogP contribution in [0.2, 0.25) is 0 Å². The Morgan fingerprint density at radius 2 is 1.71 bits per heavy atom. The van der Waals surface area contributed by atoms with Gasteiger partial charge in [0.05, 0.1) is 12.8 Å². The molecule has 0 aliphatic rings. The zero-order valence-electron chi connectivity index (χ0n) is 17.0. The highest BCUT2D eigenvalue weighted by atomic mass is 32.2. The number of anilines is 1. The minimum Gasteiger partial charge on any atom is -0.495 e. The number of amides is 1. The van der Waals surface area contributed by atoms with Crippen molar-refractivity contribution in [3.05, 3.63) is 53.6 Å². The van der Waals surface area contributed by atoms with Crippen LogP contribution in [0.4, 0.5) is 5.69 Å². The quantitative estimate of drug-likeness (QED) is 0.731. The summed E-state index contributed by atoms with van der Waals surface area (Å²) in [4.78, 5) is 12.5. The molecule has 28 heavy (non-hydrogen) atoms. The Bertz CT molecular complexity index is 924. The molecule has 0 spiro atoms. The van der Waals surface area contributed by atoms with Crippen LogP contribution in [0.25, 0.3) is 0 Å². The Kier molecular flexibility index (Phi) is 7.07. The van der Waals surface area contributed by atoms with Crippen molar-refractivity contribution in [3.8, 4) is 5.75 Å². The maximum absolute atomic E-state index is 13.5. The SMILES string of the molecule is CC[C@@H](C)NC(=O)CN(c1ccc(C)cc1)S(=O)(=O)c1cc(C)ccc1OC. The van der Waals surface area contributed by atoms with E-state index in [0.29, 0.717) is 5.69 Å². The average Bonchev–Trinajstić information content (AvgIpc) is 2.66. The molecule has 0 aliphatic heterocycles. The maximum atomic E-state index is 13.5. The Hall–Kier alpha value is -2.54. The van der Waals surface area contributed by atoms with Gasteiger partial charge in [0.25, 0.3) is 10.0 Å². The largest absolute Gasteiger partial charge is 0.495 e. The fourth-order valence-corrected chi connectivity index (χ4v) is 4.35. The third-order valence-corrected chi connectivity index (χ3v) is 6.31. The molecule has 1 atom stereocenters. The lowest BCUT2D eigenvalue weighted by Crippen LogP contribution is -2.43. The van der Waals surface area contributed by atoms with Crippen LogP contribution in [0.3, 0.4) is 0 Å². The molecule has 2 aromatic rings. The molecule has 1 N–H and O–H groups in total. The predicted octanol–water partition coefficient (Wildman–Crippen LogP) is 3.42. The van der Waals surface area contributed by atoms with E-state index in [-0.39, 0.29) is 29.1 Å². The molecule has 0 heterocycles. The first-order chi connectivity index (χ1) is 13.2. The fraction of sp³-hybridized carbons (Fsp3) is 0.381. The van der Waals surface area contributed by atoms with E-state index < -0.39 is 10.0 Å². The molecule has 0 saturated heterocycles. The highest BCUT2D eigenvalue weighted by Crippen LogP contribution is 2.31. The number of methoxy groups -OCH3 is 1. The van der Waals surface area contributed by atoms with Gasteiger partial charge in [-0.1, -0.05) is 30.7 Å². The third-order valence-electron chi connectivity index (χ3n) is 4.52. The second kappa shape index (κ2) is 9.10. The number of aryl methyl sites for hydroxylation is 2. The van der Waals surface area contributed by atoms with Gasteiger partial charge in [-0.2, -0.15) is 0 Å². The molecule has 0 unspecified atom stereocenters. The van der Waals surface area contributed by atoms with Crippen LogP contribution in [-0.4, -0.2) is 34.0 Å². The van der Waals surface area contributed by atoms with Crippen molar-refractivity contribution in [2.45, 2.75) is 45.1 Å². The molecule has 0 aromatic heterocycles. The van der Waals surface area contributed by atoms with Crippen LogP contribution < -0.4 is 14.4 Å². The van der Waals surface area contributed by atoms with Gasteiger partial charge in [0.2, 0.25) is 5.91 Å². The van der Waals surface area contributed by atoms with Gasteiger partial charge >= 0.3 is 0 Å². The summed E-state index contributed by atoms with van der Waals surface area (Å²) in [5.41, 5.74) is 2.21. The number of nitrogens with zero attached hydrogens (tertiary/aromatic N) is 1. The molecule has 2 rings (SSSR count). The Labute approximate surface area is 167 Å². The zero-order valence-corrected chi connectivity index (χ0v) is 17.8. The predicted molar refractivity (Wildman–Crippen MR) is 111 cm³/mol. The van der Waals surface area contributed by atoms with E-state index in [0.717, 1.165) is 21.9 Å². The summed E-state index contributed by atoms with van der Waals surface area (Å²) in [5.74, 6) is -0.116. The molecule has 0 bridgehead atoms. The lowest BCUT2D eigenvalue weighted by Gasteiger charge is -2.26. The number of hydrogen-bond donors (Lipinski definition) is 1. The molecule has 0 saturated carbocycles. The molecule has 0 radical (unpaired) electrons. The van der Waals surface area contributed by atoms with Crippen molar-refractivity contribution in [2.24, 2.45) is 0 Å². The molecule has 1 amide bonds. The molecule has 0 fully saturated rings. The molecular weight excluding hydrogens is 376 g/mol. The number of benzene rings is 2. The average molecular weight is 405 g/mol. The van der Waals surface area contributed by atoms with E-state index in [4.69, 9.17) is 4.74 Å². The minimum atomic E-state index is -4.02. The number of ether oxygens (including phenoxy) is 1. The van der Waals surface area contributed by atoms with Crippen LogP contribution in [0.15, 0.2) is 47.4 Å². The Balaban J connectivity index is 2.52. The molecule has 152 valence electrons. The third kappa shape index (κ3) is 5.04. The number of nitrogens with one attached hydrogen (secondary N) is 1. The second-order valence-electron chi connectivity index (χ2n) is 6.88. The highest BCUT2D eigenvalue weighted by molar-refractivity contribution is 7.93. The number of rotatable bonds is 8. The summed E-state index contributed by atoms with van der Waals surface area (Å²) in [7, 11) is -2.60. The maximum Gasteiger partial charge on any atom is 0.268 e. The number of carbonyl (C=O) groups excluding carboxylic acids is 1. The monoisotopic (exact) mass is 404 g/mol. The summed E-state index contributed by atoms with van der Waals surface area (Å²) in [6.45, 7) is 7.25. The van der Waals surface area contributed by atoms with Crippen LogP contribution in [0.5, 0.6) is 5.75 Å². The van der Waals surface area contributed by atoms with Gasteiger partial charge in [0, 0.05) is 6.04 Å². The summed E-state index contributed by atoms with van der Waals surface area (Å²) < 4.78 is 33.4. The summed E-state index contributed by atoms with van der Waals surface area (Å²) in [6.07, 6.45) is 0.759. The lowest BCUT2D eigenvalue weighted by molar-refractivity contribution is -0.120. The van der Waals surface area contributed by atoms with Crippen molar-refractivity contribution >= 4 is 21.6 Å². The Morgan fingerprint density at radius 3 is 2.29 bits per heavy atom. The van der Waals surface area contributed by atoms with E-state index in [1.807, 2.05) is 39.8 Å². The second-order valence-corrected chi connectivity index (χ2v) is 8.71. The van der Waals surface area contributed by atoms with Gasteiger partial charge in [-0.25, -0.2) is 8.42 Å². The van der Waals surface area contributed by atoms with Crippen LogP contribution in [0, 0.1) is 13.8 Å². The summed E-state index contributed by atoms with van der Waals surface area (Å²) >= 11 is 0. The van der Waals surface area contributed by atoms with Crippen LogP contribution in [-0.2, 0) is 14.8 Å². The van der Waals surface area contributed by atoms with Gasteiger partial charge in [0.1, 0.15) is 17.2 Å². The molecule has 6 nitrogen and oxygen atoms in total. The fourth-order valence-electron chi connectivity index (χ4n) is 2.68. The van der Waals surface area contributed by atoms with E-state index in [2.05, 4.69) is 5.32 Å². The number of carbonyl (C=O) groups is 1. The normalized spacial score (nSPS) is 12.3. The summed E-state index contributed by atoms with van der Waals surface area (Å²) in [5, 5.41) is 2.83. The standard InChI is InChI=1S/C21H28N2O4S/c1-6-17(4)22-21(24)14-23(18-10-7-15(2)8-11-18)28(25,26)20-13-16(3)9-12-19(20)27-5/h7-13,17H,6,14H2,1-5H3,(H,22,24)/t17-/m1/s1. The Morgan fingerprint density at radius 1 is 1.11 bits per heavy atom. The minimum absolute atomic E-state index is 0.0342. The van der Waals surface area contributed by atoms with E-state index in [9.17, 15) is 13.2 Å². The topological polar surface area (TPSA) is 75.7 Å². The van der Waals surface area contributed by atoms with Crippen LogP contribution >= 0.6 is 0 Å². The van der Waals surface area contributed by atoms with Gasteiger partial charge in [-0.3, -0.25) is 9.10 Å². The van der Waals surface area contributed by atoms with E-state index in [1.54, 1.807) is 30.3 Å². The van der Waals surface area contributed by atoms with Crippen molar-refractivity contribution in [1.29, 1.82) is 0 Å². The van der Waals surface area contributed by atoms with Gasteiger partial charge in [-0.15, -0.1) is 0 Å². The highest BCUT2D eigenvalue weighted by Gasteiger charge is 2.30. The first kappa shape index (κ1) is 21.8. The van der Waals surface area contributed by atoms with Crippen molar-refractivity contribution < 1.29 is 17.9 Å².